The molecule has 0 bridgehead atoms. The fraction of sp³-hybridized carbons (Fsp3) is 0.462. The van der Waals surface area contributed by atoms with E-state index in [-0.39, 0.29) is 6.54 Å². The van der Waals surface area contributed by atoms with Gasteiger partial charge in [0.2, 0.25) is 0 Å². The van der Waals surface area contributed by atoms with Crippen LogP contribution in [0.2, 0.25) is 0 Å². The summed E-state index contributed by atoms with van der Waals surface area (Å²) in [6, 6.07) is 7.41. The second-order valence-electron chi connectivity index (χ2n) is 4.40. The molecule has 0 spiro atoms. The summed E-state index contributed by atoms with van der Waals surface area (Å²) in [7, 11) is 5.73. The predicted octanol–water partition coefficient (Wildman–Crippen LogP) is 1.15. The number of carboxylic acid groups (broad SMARTS) is 1. The molecule has 1 rings (SSSR count). The van der Waals surface area contributed by atoms with Gasteiger partial charge in [-0.25, -0.2) is 0 Å². The van der Waals surface area contributed by atoms with Crippen LogP contribution in [0.1, 0.15) is 0 Å². The number of hydrogen-bond acceptors (Lipinski definition) is 4. The fourth-order valence-corrected chi connectivity index (χ4v) is 1.44. The third kappa shape index (κ3) is 5.05. The molecule has 0 radical (unpaired) electrons. The molecule has 0 unspecified atom stereocenters. The van der Waals surface area contributed by atoms with E-state index in [1.165, 1.54) is 0 Å². The van der Waals surface area contributed by atoms with Gasteiger partial charge in [0.1, 0.15) is 18.9 Å². The van der Waals surface area contributed by atoms with Crippen molar-refractivity contribution in [2.24, 2.45) is 0 Å². The van der Waals surface area contributed by atoms with Gasteiger partial charge in [-0.2, -0.15) is 0 Å². The van der Waals surface area contributed by atoms with E-state index in [0.29, 0.717) is 6.61 Å². The number of carboxylic acids is 1. The average Bonchev–Trinajstić information content (AvgIpc) is 2.28. The van der Waals surface area contributed by atoms with Crippen LogP contribution in [-0.4, -0.2) is 56.8 Å². The Morgan fingerprint density at radius 2 is 1.83 bits per heavy atom. The van der Waals surface area contributed by atoms with Crippen molar-refractivity contribution in [1.82, 2.24) is 4.90 Å². The van der Waals surface area contributed by atoms with Crippen LogP contribution in [0.5, 0.6) is 5.75 Å². The Labute approximate surface area is 108 Å². The van der Waals surface area contributed by atoms with Crippen LogP contribution in [0.4, 0.5) is 5.69 Å². The molecule has 1 aromatic rings. The highest BCUT2D eigenvalue weighted by Crippen LogP contribution is 2.18. The minimum Gasteiger partial charge on any atom is -0.492 e. The highest BCUT2D eigenvalue weighted by molar-refractivity contribution is 5.73. The molecule has 0 atom stereocenters. The molecule has 18 heavy (non-hydrogen) atoms. The van der Waals surface area contributed by atoms with Gasteiger partial charge >= 0.3 is 5.97 Å². The number of carbonyl (C=O) groups is 1. The van der Waals surface area contributed by atoms with Gasteiger partial charge in [0.25, 0.3) is 0 Å². The smallest absolute Gasteiger partial charge is 0.323 e. The first kappa shape index (κ1) is 14.3. The quantitative estimate of drug-likeness (QED) is 0.789. The van der Waals surface area contributed by atoms with Crippen molar-refractivity contribution in [2.45, 2.75) is 0 Å². The summed E-state index contributed by atoms with van der Waals surface area (Å²) in [5.74, 6) is -0.0480. The van der Waals surface area contributed by atoms with Crippen LogP contribution in [0.25, 0.3) is 0 Å². The van der Waals surface area contributed by atoms with Crippen molar-refractivity contribution in [1.29, 1.82) is 0 Å². The zero-order chi connectivity index (χ0) is 13.5. The maximum atomic E-state index is 10.6. The standard InChI is InChI=1S/C13H20N2O3/c1-14(2)8-9-18-12-6-4-11(5-7-12)15(3)10-13(16)17/h4-7H,8-10H2,1-3H3,(H,16,17). The SMILES string of the molecule is CN(C)CCOc1ccc(N(C)CC(=O)O)cc1. The lowest BCUT2D eigenvalue weighted by Gasteiger charge is -2.17. The largest absolute Gasteiger partial charge is 0.492 e. The molecular formula is C13H20N2O3. The minimum absolute atomic E-state index is 0.0131. The lowest BCUT2D eigenvalue weighted by molar-refractivity contribution is -0.135. The maximum absolute atomic E-state index is 10.6. The van der Waals surface area contributed by atoms with E-state index in [2.05, 4.69) is 4.90 Å². The summed E-state index contributed by atoms with van der Waals surface area (Å²) in [5.41, 5.74) is 0.859. The normalized spacial score (nSPS) is 10.4. The Morgan fingerprint density at radius 1 is 1.22 bits per heavy atom. The molecule has 0 heterocycles. The number of rotatable bonds is 7. The van der Waals surface area contributed by atoms with Crippen molar-refractivity contribution in [2.75, 3.05) is 45.7 Å². The number of benzene rings is 1. The number of hydrogen-bond donors (Lipinski definition) is 1. The molecule has 0 fully saturated rings. The van der Waals surface area contributed by atoms with Gasteiger partial charge in [0, 0.05) is 19.3 Å². The molecular weight excluding hydrogens is 232 g/mol. The maximum Gasteiger partial charge on any atom is 0.323 e. The fourth-order valence-electron chi connectivity index (χ4n) is 1.44. The van der Waals surface area contributed by atoms with Crippen LogP contribution >= 0.6 is 0 Å². The van der Waals surface area contributed by atoms with Gasteiger partial charge in [0.15, 0.2) is 0 Å². The lowest BCUT2D eigenvalue weighted by Crippen LogP contribution is -2.24. The molecule has 1 aromatic carbocycles. The summed E-state index contributed by atoms with van der Waals surface area (Å²) < 4.78 is 5.56. The van der Waals surface area contributed by atoms with Crippen molar-refractivity contribution >= 4 is 11.7 Å². The van der Waals surface area contributed by atoms with E-state index < -0.39 is 5.97 Å². The molecule has 5 heteroatoms. The Kier molecular flexibility index (Phi) is 5.45. The number of ether oxygens (including phenoxy) is 1. The van der Waals surface area contributed by atoms with Gasteiger partial charge in [-0.05, 0) is 38.4 Å². The second-order valence-corrected chi connectivity index (χ2v) is 4.40. The average molecular weight is 252 g/mol. The molecule has 0 amide bonds. The van der Waals surface area contributed by atoms with Crippen LogP contribution in [-0.2, 0) is 4.79 Å². The third-order valence-electron chi connectivity index (χ3n) is 2.46. The van der Waals surface area contributed by atoms with Crippen molar-refractivity contribution in [3.63, 3.8) is 0 Å². The summed E-state index contributed by atoms with van der Waals surface area (Å²) in [6.45, 7) is 1.48. The van der Waals surface area contributed by atoms with Crippen molar-refractivity contribution in [3.05, 3.63) is 24.3 Å². The van der Waals surface area contributed by atoms with Gasteiger partial charge in [-0.1, -0.05) is 0 Å². The van der Waals surface area contributed by atoms with Crippen LogP contribution in [0, 0.1) is 0 Å². The van der Waals surface area contributed by atoms with Gasteiger partial charge in [-0.15, -0.1) is 0 Å². The zero-order valence-corrected chi connectivity index (χ0v) is 11.1. The summed E-state index contributed by atoms with van der Waals surface area (Å²) in [5, 5.41) is 8.70. The monoisotopic (exact) mass is 252 g/mol. The Balaban J connectivity index is 2.49. The molecule has 0 saturated carbocycles. The van der Waals surface area contributed by atoms with Crippen LogP contribution in [0.3, 0.4) is 0 Å². The molecule has 1 N–H and O–H groups in total. The summed E-state index contributed by atoms with van der Waals surface area (Å²) in [4.78, 5) is 14.3. The van der Waals surface area contributed by atoms with Gasteiger partial charge < -0.3 is 19.6 Å². The molecule has 0 aliphatic heterocycles. The Morgan fingerprint density at radius 3 is 2.33 bits per heavy atom. The van der Waals surface area contributed by atoms with E-state index in [1.54, 1.807) is 11.9 Å². The predicted molar refractivity (Wildman–Crippen MR) is 71.4 cm³/mol. The zero-order valence-electron chi connectivity index (χ0n) is 11.1. The first-order valence-corrected chi connectivity index (χ1v) is 5.79. The summed E-state index contributed by atoms with van der Waals surface area (Å²) in [6.07, 6.45) is 0. The molecule has 0 saturated heterocycles. The topological polar surface area (TPSA) is 53.0 Å². The third-order valence-corrected chi connectivity index (χ3v) is 2.46. The van der Waals surface area contributed by atoms with Crippen molar-refractivity contribution in [3.8, 4) is 5.75 Å². The number of aliphatic carboxylic acids is 1. The Hall–Kier alpha value is -1.75. The van der Waals surface area contributed by atoms with E-state index in [0.717, 1.165) is 18.0 Å². The molecule has 5 nitrogen and oxygen atoms in total. The van der Waals surface area contributed by atoms with Crippen LogP contribution < -0.4 is 9.64 Å². The molecule has 0 aliphatic rings. The highest BCUT2D eigenvalue weighted by Gasteiger charge is 2.05. The second kappa shape index (κ2) is 6.86. The minimum atomic E-state index is -0.844. The van der Waals surface area contributed by atoms with E-state index >= 15 is 0 Å². The number of likely N-dealkylation sites (N-methyl/N-ethyl adjacent to an activating group) is 2. The Bertz CT molecular complexity index is 376. The van der Waals surface area contributed by atoms with Gasteiger partial charge in [0.05, 0.1) is 0 Å². The highest BCUT2D eigenvalue weighted by atomic mass is 16.5. The molecule has 0 aromatic heterocycles. The lowest BCUT2D eigenvalue weighted by atomic mass is 10.3. The summed E-state index contributed by atoms with van der Waals surface area (Å²) >= 11 is 0. The van der Waals surface area contributed by atoms with E-state index in [1.807, 2.05) is 38.4 Å². The number of nitrogens with zero attached hydrogens (tertiary/aromatic N) is 2. The first-order valence-electron chi connectivity index (χ1n) is 5.79. The molecule has 0 aliphatic carbocycles. The molecule has 100 valence electrons. The number of anilines is 1. The first-order chi connectivity index (χ1) is 8.49. The van der Waals surface area contributed by atoms with Crippen molar-refractivity contribution < 1.29 is 14.6 Å². The van der Waals surface area contributed by atoms with Crippen LogP contribution in [0.15, 0.2) is 24.3 Å². The van der Waals surface area contributed by atoms with E-state index in [4.69, 9.17) is 9.84 Å². The van der Waals surface area contributed by atoms with E-state index in [9.17, 15) is 4.79 Å². The van der Waals surface area contributed by atoms with Gasteiger partial charge in [-0.3, -0.25) is 4.79 Å².